The smallest absolute Gasteiger partial charge is 0.232 e. The minimum atomic E-state index is -0.0100. The van der Waals surface area contributed by atoms with Gasteiger partial charge >= 0.3 is 0 Å². The van der Waals surface area contributed by atoms with Gasteiger partial charge in [0.1, 0.15) is 0 Å². The predicted octanol–water partition coefficient (Wildman–Crippen LogP) is 1.89. The quantitative estimate of drug-likeness (QED) is 0.778. The molecular weight excluding hydrogens is 324 g/mol. The fraction of sp³-hybridized carbons (Fsp3) is 0.556. The Balaban J connectivity index is 1.64. The number of benzene rings is 1. The van der Waals surface area contributed by atoms with Gasteiger partial charge < -0.3 is 15.0 Å². The van der Waals surface area contributed by atoms with Crippen LogP contribution in [0.1, 0.15) is 24.8 Å². The number of ether oxygens (including phenoxy) is 1. The number of morpholine rings is 1. The van der Waals surface area contributed by atoms with E-state index in [2.05, 4.69) is 24.4 Å². The summed E-state index contributed by atoms with van der Waals surface area (Å²) in [7, 11) is 0. The average Bonchev–Trinajstić information content (AvgIpc) is 2.64. The van der Waals surface area contributed by atoms with Gasteiger partial charge in [-0.15, -0.1) is 11.8 Å². The molecule has 0 bridgehead atoms. The highest BCUT2D eigenvalue weighted by Crippen LogP contribution is 2.18. The van der Waals surface area contributed by atoms with Gasteiger partial charge in [-0.25, -0.2) is 0 Å². The number of hydrogen-bond donors (Lipinski definition) is 1. The van der Waals surface area contributed by atoms with Gasteiger partial charge in [-0.2, -0.15) is 0 Å². The lowest BCUT2D eigenvalue weighted by atomic mass is 9.96. The fourth-order valence-corrected chi connectivity index (χ4v) is 3.39. The zero-order valence-corrected chi connectivity index (χ0v) is 15.0. The molecule has 5 nitrogen and oxygen atoms in total. The number of carbonyl (C=O) groups is 2. The van der Waals surface area contributed by atoms with Crippen molar-refractivity contribution in [3.8, 4) is 0 Å². The van der Waals surface area contributed by atoms with E-state index in [1.807, 2.05) is 18.2 Å². The number of hydrogen-bond acceptors (Lipinski definition) is 4. The molecule has 0 radical (unpaired) electrons. The van der Waals surface area contributed by atoms with Crippen molar-refractivity contribution in [3.63, 3.8) is 0 Å². The van der Waals surface area contributed by atoms with Gasteiger partial charge in [-0.3, -0.25) is 9.59 Å². The van der Waals surface area contributed by atoms with Gasteiger partial charge in [-0.05, 0) is 12.0 Å². The summed E-state index contributed by atoms with van der Waals surface area (Å²) >= 11 is 1.37. The molecule has 1 aromatic carbocycles. The number of nitrogens with zero attached hydrogens (tertiary/aromatic N) is 1. The second-order valence-corrected chi connectivity index (χ2v) is 6.79. The summed E-state index contributed by atoms with van der Waals surface area (Å²) in [6.45, 7) is 5.28. The molecule has 0 spiro atoms. The van der Waals surface area contributed by atoms with Crippen molar-refractivity contribution in [2.45, 2.75) is 19.3 Å². The standard InChI is InChI=1S/C18H26N2O3S/c1-2-15(16-6-4-3-5-7-16)12-19-17(21)13-24-14-18(22)20-8-10-23-11-9-20/h3-7,15H,2,8-14H2,1H3,(H,19,21). The Kier molecular flexibility index (Phi) is 8.12. The summed E-state index contributed by atoms with van der Waals surface area (Å²) < 4.78 is 5.23. The molecule has 1 aliphatic heterocycles. The molecule has 1 saturated heterocycles. The van der Waals surface area contributed by atoms with Gasteiger partial charge in [0.25, 0.3) is 0 Å². The van der Waals surface area contributed by atoms with Crippen LogP contribution >= 0.6 is 11.8 Å². The van der Waals surface area contributed by atoms with Crippen LogP contribution in [0.15, 0.2) is 30.3 Å². The largest absolute Gasteiger partial charge is 0.378 e. The van der Waals surface area contributed by atoms with E-state index in [0.717, 1.165) is 6.42 Å². The second kappa shape index (κ2) is 10.4. The molecule has 1 fully saturated rings. The molecule has 0 aromatic heterocycles. The van der Waals surface area contributed by atoms with E-state index in [1.54, 1.807) is 4.90 Å². The van der Waals surface area contributed by atoms with E-state index in [4.69, 9.17) is 4.74 Å². The van der Waals surface area contributed by atoms with E-state index < -0.39 is 0 Å². The minimum Gasteiger partial charge on any atom is -0.378 e. The molecule has 0 saturated carbocycles. The third kappa shape index (κ3) is 6.17. The highest BCUT2D eigenvalue weighted by Gasteiger charge is 2.17. The lowest BCUT2D eigenvalue weighted by Gasteiger charge is -2.26. The highest BCUT2D eigenvalue weighted by molar-refractivity contribution is 8.00. The third-order valence-corrected chi connectivity index (χ3v) is 5.05. The monoisotopic (exact) mass is 350 g/mol. The lowest BCUT2D eigenvalue weighted by molar-refractivity contribution is -0.132. The molecule has 0 aliphatic carbocycles. The van der Waals surface area contributed by atoms with Gasteiger partial charge in [0.15, 0.2) is 0 Å². The molecule has 1 atom stereocenters. The Morgan fingerprint density at radius 2 is 1.92 bits per heavy atom. The number of rotatable bonds is 8. The van der Waals surface area contributed by atoms with Crippen molar-refractivity contribution in [2.75, 3.05) is 44.4 Å². The summed E-state index contributed by atoms with van der Waals surface area (Å²) in [5, 5.41) is 2.98. The van der Waals surface area contributed by atoms with Crippen LogP contribution in [-0.4, -0.2) is 61.1 Å². The number of amides is 2. The third-order valence-electron chi connectivity index (χ3n) is 4.13. The van der Waals surface area contributed by atoms with Crippen LogP contribution in [0.3, 0.4) is 0 Å². The maximum absolute atomic E-state index is 12.0. The van der Waals surface area contributed by atoms with Crippen LogP contribution in [0.25, 0.3) is 0 Å². The first-order chi connectivity index (χ1) is 11.7. The zero-order chi connectivity index (χ0) is 17.2. The normalized spacial score (nSPS) is 15.8. The molecule has 1 N–H and O–H groups in total. The van der Waals surface area contributed by atoms with Crippen LogP contribution < -0.4 is 5.32 Å². The second-order valence-electron chi connectivity index (χ2n) is 5.81. The first-order valence-electron chi connectivity index (χ1n) is 8.45. The van der Waals surface area contributed by atoms with Crippen molar-refractivity contribution in [1.29, 1.82) is 0 Å². The lowest BCUT2D eigenvalue weighted by Crippen LogP contribution is -2.41. The summed E-state index contributed by atoms with van der Waals surface area (Å²) in [6.07, 6.45) is 0.979. The SMILES string of the molecule is CCC(CNC(=O)CSCC(=O)N1CCOCC1)c1ccccc1. The van der Waals surface area contributed by atoms with Crippen molar-refractivity contribution >= 4 is 23.6 Å². The van der Waals surface area contributed by atoms with Crippen molar-refractivity contribution in [3.05, 3.63) is 35.9 Å². The fourth-order valence-electron chi connectivity index (χ4n) is 2.65. The maximum Gasteiger partial charge on any atom is 0.232 e. The van der Waals surface area contributed by atoms with Gasteiger partial charge in [0.2, 0.25) is 11.8 Å². The molecule has 132 valence electrons. The van der Waals surface area contributed by atoms with Crippen molar-refractivity contribution < 1.29 is 14.3 Å². The highest BCUT2D eigenvalue weighted by atomic mass is 32.2. The van der Waals surface area contributed by atoms with Crippen molar-refractivity contribution in [2.24, 2.45) is 0 Å². The van der Waals surface area contributed by atoms with E-state index in [-0.39, 0.29) is 11.8 Å². The molecule has 1 unspecified atom stereocenters. The van der Waals surface area contributed by atoms with Crippen LogP contribution in [0.5, 0.6) is 0 Å². The summed E-state index contributed by atoms with van der Waals surface area (Å²) in [5.41, 5.74) is 1.25. The predicted molar refractivity (Wildman–Crippen MR) is 97.2 cm³/mol. The Morgan fingerprint density at radius 3 is 2.58 bits per heavy atom. The molecule has 24 heavy (non-hydrogen) atoms. The van der Waals surface area contributed by atoms with Crippen LogP contribution in [-0.2, 0) is 14.3 Å². The van der Waals surface area contributed by atoms with Gasteiger partial charge in [0, 0.05) is 25.6 Å². The molecule has 2 rings (SSSR count). The van der Waals surface area contributed by atoms with E-state index in [1.165, 1.54) is 17.3 Å². The Labute approximate surface area is 148 Å². The number of carbonyl (C=O) groups excluding carboxylic acids is 2. The molecule has 1 heterocycles. The van der Waals surface area contributed by atoms with Gasteiger partial charge in [-0.1, -0.05) is 37.3 Å². The Morgan fingerprint density at radius 1 is 1.21 bits per heavy atom. The first-order valence-corrected chi connectivity index (χ1v) is 9.61. The number of nitrogens with one attached hydrogen (secondary N) is 1. The summed E-state index contributed by atoms with van der Waals surface area (Å²) in [4.78, 5) is 25.8. The Hall–Kier alpha value is -1.53. The van der Waals surface area contributed by atoms with E-state index >= 15 is 0 Å². The topological polar surface area (TPSA) is 58.6 Å². The molecule has 2 amide bonds. The number of thioether (sulfide) groups is 1. The zero-order valence-electron chi connectivity index (χ0n) is 14.2. The maximum atomic E-state index is 12.0. The first kappa shape index (κ1) is 18.8. The van der Waals surface area contributed by atoms with Crippen LogP contribution in [0.4, 0.5) is 0 Å². The van der Waals surface area contributed by atoms with Crippen molar-refractivity contribution in [1.82, 2.24) is 10.2 Å². The molecule has 6 heteroatoms. The Bertz CT molecular complexity index is 518. The van der Waals surface area contributed by atoms with E-state index in [9.17, 15) is 9.59 Å². The summed E-state index contributed by atoms with van der Waals surface area (Å²) in [5.74, 6) is 1.08. The summed E-state index contributed by atoms with van der Waals surface area (Å²) in [6, 6.07) is 10.2. The molecule has 1 aliphatic rings. The average molecular weight is 350 g/mol. The van der Waals surface area contributed by atoms with Crippen LogP contribution in [0, 0.1) is 0 Å². The van der Waals surface area contributed by atoms with Gasteiger partial charge in [0.05, 0.1) is 24.7 Å². The van der Waals surface area contributed by atoms with E-state index in [0.29, 0.717) is 50.3 Å². The van der Waals surface area contributed by atoms with Crippen LogP contribution in [0.2, 0.25) is 0 Å². The molecular formula is C18H26N2O3S. The minimum absolute atomic E-state index is 0.0100. The molecule has 1 aromatic rings.